The number of ether oxygens (including phenoxy) is 1. The third-order valence-corrected chi connectivity index (χ3v) is 3.46. The summed E-state index contributed by atoms with van der Waals surface area (Å²) < 4.78 is 5.42. The summed E-state index contributed by atoms with van der Waals surface area (Å²) in [6, 6.07) is 0. The highest BCUT2D eigenvalue weighted by Crippen LogP contribution is 2.14. The molecule has 4 nitrogen and oxygen atoms in total. The van der Waals surface area contributed by atoms with Crippen LogP contribution in [-0.2, 0) is 4.74 Å². The number of hydrogen-bond acceptors (Lipinski definition) is 4. The Balaban J connectivity index is 2.17. The van der Waals surface area contributed by atoms with E-state index in [1.165, 1.54) is 0 Å². The van der Waals surface area contributed by atoms with Crippen molar-refractivity contribution in [2.75, 3.05) is 53.0 Å². The van der Waals surface area contributed by atoms with E-state index in [-0.39, 0.29) is 12.2 Å². The Morgan fingerprint density at radius 2 is 1.56 bits per heavy atom. The highest BCUT2D eigenvalue weighted by Gasteiger charge is 2.20. The fraction of sp³-hybridized carbons (Fsp3) is 1.00. The molecule has 1 saturated heterocycles. The summed E-state index contributed by atoms with van der Waals surface area (Å²) in [5.74, 6) is 0. The summed E-state index contributed by atoms with van der Waals surface area (Å²) in [5.41, 5.74) is -0.0117. The number of β-amino-alcohol motifs (C(OH)–C–C–N with tert-alkyl or cyclic N) is 1. The van der Waals surface area contributed by atoms with Gasteiger partial charge in [0.25, 0.3) is 0 Å². The Kier molecular flexibility index (Phi) is 5.69. The number of hydrogen-bond donors (Lipinski definition) is 1. The maximum atomic E-state index is 8.85. The molecule has 0 aromatic heterocycles. The van der Waals surface area contributed by atoms with Crippen LogP contribution in [0.4, 0.5) is 0 Å². The molecule has 1 aliphatic rings. The van der Waals surface area contributed by atoms with Gasteiger partial charge in [0.1, 0.15) is 0 Å². The first-order valence-electron chi connectivity index (χ1n) is 6.18. The SMILES string of the molecule is COC(C)(C)CCN1CCN(CCO)CC1. The van der Waals surface area contributed by atoms with Crippen molar-refractivity contribution in [3.05, 3.63) is 0 Å². The molecule has 1 heterocycles. The van der Waals surface area contributed by atoms with Crippen LogP contribution in [0, 0.1) is 0 Å². The fourth-order valence-electron chi connectivity index (χ4n) is 1.91. The van der Waals surface area contributed by atoms with Gasteiger partial charge in [-0.2, -0.15) is 0 Å². The van der Waals surface area contributed by atoms with Crippen LogP contribution in [0.15, 0.2) is 0 Å². The highest BCUT2D eigenvalue weighted by molar-refractivity contribution is 4.75. The van der Waals surface area contributed by atoms with Crippen LogP contribution in [0.3, 0.4) is 0 Å². The molecule has 0 spiro atoms. The second-order valence-corrected chi connectivity index (χ2v) is 5.12. The van der Waals surface area contributed by atoms with E-state index in [4.69, 9.17) is 9.84 Å². The molecule has 1 N–H and O–H groups in total. The molecule has 0 atom stereocenters. The Morgan fingerprint density at radius 3 is 2.00 bits per heavy atom. The van der Waals surface area contributed by atoms with E-state index in [0.29, 0.717) is 0 Å². The zero-order valence-electron chi connectivity index (χ0n) is 10.9. The first kappa shape index (κ1) is 13.9. The molecular weight excluding hydrogens is 204 g/mol. The smallest absolute Gasteiger partial charge is 0.0634 e. The van der Waals surface area contributed by atoms with Crippen LogP contribution in [0.2, 0.25) is 0 Å². The van der Waals surface area contributed by atoms with Crippen molar-refractivity contribution in [1.29, 1.82) is 0 Å². The number of nitrogens with zero attached hydrogens (tertiary/aromatic N) is 2. The van der Waals surface area contributed by atoms with Crippen LogP contribution in [0.25, 0.3) is 0 Å². The second-order valence-electron chi connectivity index (χ2n) is 5.12. The normalized spacial score (nSPS) is 20.2. The van der Waals surface area contributed by atoms with Gasteiger partial charge in [0.05, 0.1) is 12.2 Å². The van der Waals surface area contributed by atoms with Gasteiger partial charge in [-0.3, -0.25) is 4.90 Å². The Morgan fingerprint density at radius 1 is 1.06 bits per heavy atom. The van der Waals surface area contributed by atoms with Crippen molar-refractivity contribution in [2.24, 2.45) is 0 Å². The largest absolute Gasteiger partial charge is 0.395 e. The van der Waals surface area contributed by atoms with E-state index in [1.54, 1.807) is 7.11 Å². The zero-order valence-corrected chi connectivity index (χ0v) is 10.9. The van der Waals surface area contributed by atoms with Crippen LogP contribution in [-0.4, -0.2) is 73.5 Å². The minimum absolute atomic E-state index is 0.0117. The first-order valence-corrected chi connectivity index (χ1v) is 6.18. The predicted octanol–water partition coefficient (Wildman–Crippen LogP) is 0.411. The van der Waals surface area contributed by atoms with E-state index < -0.39 is 0 Å². The molecule has 4 heteroatoms. The lowest BCUT2D eigenvalue weighted by Crippen LogP contribution is -2.48. The Bertz CT molecular complexity index is 189. The molecule has 0 amide bonds. The monoisotopic (exact) mass is 230 g/mol. The maximum Gasteiger partial charge on any atom is 0.0634 e. The lowest BCUT2D eigenvalue weighted by atomic mass is 10.0. The highest BCUT2D eigenvalue weighted by atomic mass is 16.5. The number of piperazine rings is 1. The van der Waals surface area contributed by atoms with Crippen molar-refractivity contribution in [1.82, 2.24) is 9.80 Å². The van der Waals surface area contributed by atoms with E-state index in [0.717, 1.165) is 45.7 Å². The van der Waals surface area contributed by atoms with Gasteiger partial charge >= 0.3 is 0 Å². The van der Waals surface area contributed by atoms with E-state index in [2.05, 4.69) is 23.6 Å². The molecule has 0 aromatic rings. The van der Waals surface area contributed by atoms with Crippen molar-refractivity contribution < 1.29 is 9.84 Å². The molecule has 0 unspecified atom stereocenters. The van der Waals surface area contributed by atoms with Gasteiger partial charge < -0.3 is 14.7 Å². The van der Waals surface area contributed by atoms with Crippen LogP contribution < -0.4 is 0 Å². The van der Waals surface area contributed by atoms with Gasteiger partial charge in [0.15, 0.2) is 0 Å². The summed E-state index contributed by atoms with van der Waals surface area (Å²) in [6.07, 6.45) is 1.07. The third-order valence-electron chi connectivity index (χ3n) is 3.46. The first-order chi connectivity index (χ1) is 7.57. The summed E-state index contributed by atoms with van der Waals surface area (Å²) in [7, 11) is 1.78. The van der Waals surface area contributed by atoms with Crippen LogP contribution in [0.1, 0.15) is 20.3 Å². The maximum absolute atomic E-state index is 8.85. The lowest BCUT2D eigenvalue weighted by Gasteiger charge is -2.35. The topological polar surface area (TPSA) is 35.9 Å². The van der Waals surface area contributed by atoms with Gasteiger partial charge in [-0.1, -0.05) is 0 Å². The minimum atomic E-state index is -0.0117. The van der Waals surface area contributed by atoms with Gasteiger partial charge in [0.2, 0.25) is 0 Å². The van der Waals surface area contributed by atoms with Crippen molar-refractivity contribution >= 4 is 0 Å². The van der Waals surface area contributed by atoms with Crippen molar-refractivity contribution in [2.45, 2.75) is 25.9 Å². The Labute approximate surface area is 99.2 Å². The number of aliphatic hydroxyl groups excluding tert-OH is 1. The van der Waals surface area contributed by atoms with Gasteiger partial charge in [-0.25, -0.2) is 0 Å². The van der Waals surface area contributed by atoms with Crippen molar-refractivity contribution in [3.63, 3.8) is 0 Å². The Hall–Kier alpha value is -0.160. The predicted molar refractivity (Wildman–Crippen MR) is 65.7 cm³/mol. The van der Waals surface area contributed by atoms with E-state index in [9.17, 15) is 0 Å². The molecule has 0 aliphatic carbocycles. The van der Waals surface area contributed by atoms with Gasteiger partial charge in [-0.15, -0.1) is 0 Å². The van der Waals surface area contributed by atoms with Gasteiger partial charge in [0, 0.05) is 46.4 Å². The molecule has 1 rings (SSSR count). The summed E-state index contributed by atoms with van der Waals surface area (Å²) in [6.45, 7) is 10.8. The summed E-state index contributed by atoms with van der Waals surface area (Å²) >= 11 is 0. The average molecular weight is 230 g/mol. The van der Waals surface area contributed by atoms with Gasteiger partial charge in [-0.05, 0) is 20.3 Å². The molecule has 1 aliphatic heterocycles. The van der Waals surface area contributed by atoms with Crippen LogP contribution >= 0.6 is 0 Å². The second kappa shape index (κ2) is 6.55. The standard InChI is InChI=1S/C12H26N2O2/c1-12(2,16-3)4-5-13-6-8-14(9-7-13)10-11-15/h15H,4-11H2,1-3H3. The quantitative estimate of drug-likeness (QED) is 0.717. The molecule has 0 radical (unpaired) electrons. The molecule has 0 saturated carbocycles. The average Bonchev–Trinajstić information content (AvgIpc) is 2.29. The van der Waals surface area contributed by atoms with E-state index >= 15 is 0 Å². The molecule has 96 valence electrons. The lowest BCUT2D eigenvalue weighted by molar-refractivity contribution is 0.00289. The van der Waals surface area contributed by atoms with Crippen molar-refractivity contribution in [3.8, 4) is 0 Å². The fourth-order valence-corrected chi connectivity index (χ4v) is 1.91. The molecule has 1 fully saturated rings. The third kappa shape index (κ3) is 4.78. The summed E-state index contributed by atoms with van der Waals surface area (Å²) in [5, 5.41) is 8.85. The molecule has 16 heavy (non-hydrogen) atoms. The molecule has 0 aromatic carbocycles. The van der Waals surface area contributed by atoms with E-state index in [1.807, 2.05) is 0 Å². The minimum Gasteiger partial charge on any atom is -0.395 e. The number of rotatable bonds is 6. The molecule has 0 bridgehead atoms. The van der Waals surface area contributed by atoms with Crippen LogP contribution in [0.5, 0.6) is 0 Å². The number of aliphatic hydroxyl groups is 1. The molecular formula is C12H26N2O2. The number of methoxy groups -OCH3 is 1. The summed E-state index contributed by atoms with van der Waals surface area (Å²) in [4.78, 5) is 4.80. The zero-order chi connectivity index (χ0) is 12.0.